The van der Waals surface area contributed by atoms with Crippen LogP contribution in [0.4, 0.5) is 5.69 Å². The summed E-state index contributed by atoms with van der Waals surface area (Å²) in [7, 11) is 0. The van der Waals surface area contributed by atoms with Gasteiger partial charge < -0.3 is 5.32 Å². The maximum Gasteiger partial charge on any atom is 0.270 e. The van der Waals surface area contributed by atoms with E-state index in [1.165, 1.54) is 23.8 Å². The lowest BCUT2D eigenvalue weighted by Crippen LogP contribution is -2.25. The van der Waals surface area contributed by atoms with E-state index in [1.807, 2.05) is 31.2 Å². The van der Waals surface area contributed by atoms with E-state index in [4.69, 9.17) is 0 Å². The lowest BCUT2D eigenvalue weighted by Gasteiger charge is -2.05. The summed E-state index contributed by atoms with van der Waals surface area (Å²) in [6.45, 7) is 2.54. The molecule has 0 aliphatic carbocycles. The Morgan fingerprint density at radius 2 is 1.95 bits per heavy atom. The van der Waals surface area contributed by atoms with Crippen LogP contribution in [-0.4, -0.2) is 23.1 Å². The van der Waals surface area contributed by atoms with Gasteiger partial charge in [0.05, 0.1) is 4.92 Å². The van der Waals surface area contributed by atoms with Gasteiger partial charge in [-0.05, 0) is 25.1 Å². The molecule has 0 unspecified atom stereocenters. The van der Waals surface area contributed by atoms with Gasteiger partial charge >= 0.3 is 0 Å². The van der Waals surface area contributed by atoms with Crippen molar-refractivity contribution >= 4 is 23.4 Å². The number of hydrogen-bond acceptors (Lipinski definition) is 4. The SMILES string of the molecule is Cc1ccc(SCCNC(=O)c2cccc([N+](=O)[O-])c2)cc1. The number of nitrogens with one attached hydrogen (secondary N) is 1. The van der Waals surface area contributed by atoms with Gasteiger partial charge in [-0.15, -0.1) is 11.8 Å². The molecule has 0 radical (unpaired) electrons. The standard InChI is InChI=1S/C16H16N2O3S/c1-12-5-7-15(8-6-12)22-10-9-17-16(19)13-3-2-4-14(11-13)18(20)21/h2-8,11H,9-10H2,1H3,(H,17,19). The van der Waals surface area contributed by atoms with Gasteiger partial charge in [0.25, 0.3) is 11.6 Å². The molecule has 2 aromatic rings. The van der Waals surface area contributed by atoms with Crippen LogP contribution in [-0.2, 0) is 0 Å². The molecule has 5 nitrogen and oxygen atoms in total. The van der Waals surface area contributed by atoms with Crippen molar-refractivity contribution in [1.29, 1.82) is 0 Å². The zero-order chi connectivity index (χ0) is 15.9. The van der Waals surface area contributed by atoms with Crippen molar-refractivity contribution in [3.05, 3.63) is 69.8 Å². The monoisotopic (exact) mass is 316 g/mol. The second-order valence-electron chi connectivity index (χ2n) is 4.72. The molecule has 2 rings (SSSR count). The van der Waals surface area contributed by atoms with Gasteiger partial charge in [0, 0.05) is 34.9 Å². The number of amides is 1. The number of carbonyl (C=O) groups is 1. The highest BCUT2D eigenvalue weighted by atomic mass is 32.2. The molecule has 6 heteroatoms. The molecule has 1 N–H and O–H groups in total. The quantitative estimate of drug-likeness (QED) is 0.383. The Bertz CT molecular complexity index is 671. The van der Waals surface area contributed by atoms with Crippen LogP contribution < -0.4 is 5.32 Å². The van der Waals surface area contributed by atoms with E-state index in [1.54, 1.807) is 17.8 Å². The third-order valence-electron chi connectivity index (χ3n) is 3.00. The first-order chi connectivity index (χ1) is 10.6. The minimum absolute atomic E-state index is 0.0818. The molecule has 0 fully saturated rings. The van der Waals surface area contributed by atoms with Crippen molar-refractivity contribution in [3.8, 4) is 0 Å². The Morgan fingerprint density at radius 1 is 1.23 bits per heavy atom. The van der Waals surface area contributed by atoms with Gasteiger partial charge in [-0.1, -0.05) is 23.8 Å². The van der Waals surface area contributed by atoms with E-state index in [0.29, 0.717) is 12.1 Å². The predicted octanol–water partition coefficient (Wildman–Crippen LogP) is 3.43. The minimum atomic E-state index is -0.510. The summed E-state index contributed by atoms with van der Waals surface area (Å²) in [6.07, 6.45) is 0. The third-order valence-corrected chi connectivity index (χ3v) is 4.01. The number of hydrogen-bond donors (Lipinski definition) is 1. The lowest BCUT2D eigenvalue weighted by atomic mass is 10.2. The van der Waals surface area contributed by atoms with Crippen molar-refractivity contribution in [1.82, 2.24) is 5.32 Å². The molecule has 2 aromatic carbocycles. The number of carbonyl (C=O) groups excluding carboxylic acids is 1. The highest BCUT2D eigenvalue weighted by Gasteiger charge is 2.10. The summed E-state index contributed by atoms with van der Waals surface area (Å²) < 4.78 is 0. The summed E-state index contributed by atoms with van der Waals surface area (Å²) in [4.78, 5) is 23.3. The van der Waals surface area contributed by atoms with E-state index >= 15 is 0 Å². The number of aryl methyl sites for hydroxylation is 1. The number of nitro groups is 1. The summed E-state index contributed by atoms with van der Waals surface area (Å²) >= 11 is 1.65. The Kier molecular flexibility index (Phi) is 5.55. The number of benzene rings is 2. The highest BCUT2D eigenvalue weighted by Crippen LogP contribution is 2.17. The Labute approximate surface area is 132 Å². The fraction of sp³-hybridized carbons (Fsp3) is 0.188. The summed E-state index contributed by atoms with van der Waals surface area (Å²) in [5, 5.41) is 13.5. The van der Waals surface area contributed by atoms with E-state index in [-0.39, 0.29) is 11.6 Å². The maximum atomic E-state index is 11.9. The van der Waals surface area contributed by atoms with Crippen LogP contribution in [0, 0.1) is 17.0 Å². The highest BCUT2D eigenvalue weighted by molar-refractivity contribution is 7.99. The van der Waals surface area contributed by atoms with Gasteiger partial charge in [0.2, 0.25) is 0 Å². The molecule has 0 spiro atoms. The van der Waals surface area contributed by atoms with Crippen molar-refractivity contribution in [3.63, 3.8) is 0 Å². The second kappa shape index (κ2) is 7.61. The average molecular weight is 316 g/mol. The van der Waals surface area contributed by atoms with E-state index in [2.05, 4.69) is 5.32 Å². The normalized spacial score (nSPS) is 10.2. The van der Waals surface area contributed by atoms with Crippen LogP contribution in [0.5, 0.6) is 0 Å². The number of rotatable bonds is 6. The fourth-order valence-electron chi connectivity index (χ4n) is 1.83. The smallest absolute Gasteiger partial charge is 0.270 e. The fourth-order valence-corrected chi connectivity index (χ4v) is 2.60. The average Bonchev–Trinajstić information content (AvgIpc) is 2.53. The molecule has 0 aromatic heterocycles. The van der Waals surface area contributed by atoms with Gasteiger partial charge in [0.15, 0.2) is 0 Å². The maximum absolute atomic E-state index is 11.9. The van der Waals surface area contributed by atoms with Gasteiger partial charge in [-0.2, -0.15) is 0 Å². The first-order valence-corrected chi connectivity index (χ1v) is 7.77. The Hall–Kier alpha value is -2.34. The molecule has 0 bridgehead atoms. The molecular formula is C16H16N2O3S. The lowest BCUT2D eigenvalue weighted by molar-refractivity contribution is -0.384. The topological polar surface area (TPSA) is 72.2 Å². The second-order valence-corrected chi connectivity index (χ2v) is 5.89. The van der Waals surface area contributed by atoms with Crippen LogP contribution in [0.1, 0.15) is 15.9 Å². The molecule has 0 aliphatic rings. The number of non-ortho nitro benzene ring substituents is 1. The molecular weight excluding hydrogens is 300 g/mol. The molecule has 0 atom stereocenters. The van der Waals surface area contributed by atoms with Gasteiger partial charge in [-0.3, -0.25) is 14.9 Å². The van der Waals surface area contributed by atoms with Gasteiger partial charge in [0.1, 0.15) is 0 Å². The Morgan fingerprint density at radius 3 is 2.64 bits per heavy atom. The molecule has 0 saturated heterocycles. The van der Waals surface area contributed by atoms with Crippen molar-refractivity contribution in [2.24, 2.45) is 0 Å². The number of thioether (sulfide) groups is 1. The zero-order valence-corrected chi connectivity index (χ0v) is 12.9. The van der Waals surface area contributed by atoms with Crippen molar-refractivity contribution < 1.29 is 9.72 Å². The molecule has 22 heavy (non-hydrogen) atoms. The van der Waals surface area contributed by atoms with E-state index in [0.717, 1.165) is 10.6 Å². The number of nitro benzene ring substituents is 1. The van der Waals surface area contributed by atoms with Crippen LogP contribution >= 0.6 is 11.8 Å². The van der Waals surface area contributed by atoms with E-state index in [9.17, 15) is 14.9 Å². The molecule has 0 heterocycles. The molecule has 1 amide bonds. The van der Waals surface area contributed by atoms with Gasteiger partial charge in [-0.25, -0.2) is 0 Å². The summed E-state index contributed by atoms with van der Waals surface area (Å²) in [5.74, 6) is 0.442. The van der Waals surface area contributed by atoms with Crippen LogP contribution in [0.15, 0.2) is 53.4 Å². The Balaban J connectivity index is 1.81. The first-order valence-electron chi connectivity index (χ1n) is 6.78. The minimum Gasteiger partial charge on any atom is -0.351 e. The summed E-state index contributed by atoms with van der Waals surface area (Å²) in [6, 6.07) is 13.9. The van der Waals surface area contributed by atoms with Crippen LogP contribution in [0.2, 0.25) is 0 Å². The third kappa shape index (κ3) is 4.60. The first kappa shape index (κ1) is 16.0. The molecule has 114 valence electrons. The van der Waals surface area contributed by atoms with E-state index < -0.39 is 4.92 Å². The molecule has 0 aliphatic heterocycles. The van der Waals surface area contributed by atoms with Crippen LogP contribution in [0.25, 0.3) is 0 Å². The van der Waals surface area contributed by atoms with Crippen LogP contribution in [0.3, 0.4) is 0 Å². The van der Waals surface area contributed by atoms with Crippen molar-refractivity contribution in [2.75, 3.05) is 12.3 Å². The predicted molar refractivity (Wildman–Crippen MR) is 87.3 cm³/mol. The summed E-state index contributed by atoms with van der Waals surface area (Å²) in [5.41, 5.74) is 1.43. The molecule has 0 saturated carbocycles. The zero-order valence-electron chi connectivity index (χ0n) is 12.1. The van der Waals surface area contributed by atoms with Crippen molar-refractivity contribution in [2.45, 2.75) is 11.8 Å². The number of nitrogens with zero attached hydrogens (tertiary/aromatic N) is 1. The largest absolute Gasteiger partial charge is 0.351 e.